The molecule has 2 rings (SSSR count). The molecule has 2 aromatic rings. The van der Waals surface area contributed by atoms with Crippen molar-refractivity contribution in [3.63, 3.8) is 0 Å². The van der Waals surface area contributed by atoms with Crippen molar-refractivity contribution in [3.05, 3.63) is 42.2 Å². The zero-order valence-corrected chi connectivity index (χ0v) is 9.81. The van der Waals surface area contributed by atoms with Gasteiger partial charge in [0.2, 0.25) is 0 Å². The molecule has 0 amide bonds. The molecule has 2 N–H and O–H groups in total. The lowest BCUT2D eigenvalue weighted by Crippen LogP contribution is -1.94. The van der Waals surface area contributed by atoms with E-state index in [1.165, 1.54) is 0 Å². The fourth-order valence-electron chi connectivity index (χ4n) is 1.47. The lowest BCUT2D eigenvalue weighted by Gasteiger charge is -2.12. The molecule has 0 bridgehead atoms. The Morgan fingerprint density at radius 2 is 1.94 bits per heavy atom. The van der Waals surface area contributed by atoms with E-state index in [-0.39, 0.29) is 0 Å². The zero-order valence-electron chi connectivity index (χ0n) is 9.81. The third-order valence-electron chi connectivity index (χ3n) is 2.38. The van der Waals surface area contributed by atoms with Crippen molar-refractivity contribution in [1.29, 1.82) is 0 Å². The summed E-state index contributed by atoms with van der Waals surface area (Å²) in [4.78, 5) is 4.01. The van der Waals surface area contributed by atoms with Crippen molar-refractivity contribution in [2.75, 3.05) is 12.8 Å². The molecule has 4 nitrogen and oxygen atoms in total. The Morgan fingerprint density at radius 3 is 2.65 bits per heavy atom. The van der Waals surface area contributed by atoms with Gasteiger partial charge in [-0.2, -0.15) is 0 Å². The second-order valence-corrected chi connectivity index (χ2v) is 3.65. The van der Waals surface area contributed by atoms with Crippen molar-refractivity contribution >= 4 is 5.69 Å². The van der Waals surface area contributed by atoms with Crippen molar-refractivity contribution < 1.29 is 9.47 Å². The molecule has 1 heterocycles. The summed E-state index contributed by atoms with van der Waals surface area (Å²) in [6.07, 6.45) is 3.43. The first kappa shape index (κ1) is 11.3. The van der Waals surface area contributed by atoms with Crippen LogP contribution in [0, 0.1) is 6.92 Å². The topological polar surface area (TPSA) is 57.4 Å². The number of nitrogens with zero attached hydrogens (tertiary/aromatic N) is 1. The minimum atomic E-state index is 0.599. The predicted octanol–water partition coefficient (Wildman–Crippen LogP) is 2.77. The summed E-state index contributed by atoms with van der Waals surface area (Å²) < 4.78 is 11.0. The minimum Gasteiger partial charge on any atom is -0.493 e. The van der Waals surface area contributed by atoms with Crippen LogP contribution in [0.15, 0.2) is 36.7 Å². The minimum absolute atomic E-state index is 0.599. The van der Waals surface area contributed by atoms with Crippen LogP contribution in [0.5, 0.6) is 17.2 Å². The monoisotopic (exact) mass is 230 g/mol. The highest BCUT2D eigenvalue weighted by molar-refractivity contribution is 5.53. The van der Waals surface area contributed by atoms with E-state index in [2.05, 4.69) is 4.98 Å². The fourth-order valence-corrected chi connectivity index (χ4v) is 1.47. The number of pyridine rings is 1. The maximum Gasteiger partial charge on any atom is 0.171 e. The molecule has 0 saturated carbocycles. The van der Waals surface area contributed by atoms with Gasteiger partial charge < -0.3 is 15.2 Å². The van der Waals surface area contributed by atoms with Gasteiger partial charge in [0, 0.05) is 29.7 Å². The Bertz CT molecular complexity index is 527. The summed E-state index contributed by atoms with van der Waals surface area (Å²) in [5, 5.41) is 0. The van der Waals surface area contributed by atoms with Gasteiger partial charge >= 0.3 is 0 Å². The van der Waals surface area contributed by atoms with Crippen LogP contribution in [0.1, 0.15) is 5.56 Å². The molecule has 0 atom stereocenters. The number of rotatable bonds is 3. The summed E-state index contributed by atoms with van der Waals surface area (Å²) in [6.45, 7) is 1.93. The first-order valence-electron chi connectivity index (χ1n) is 5.22. The van der Waals surface area contributed by atoms with Gasteiger partial charge in [0.15, 0.2) is 11.5 Å². The third kappa shape index (κ3) is 2.47. The van der Waals surface area contributed by atoms with Crippen molar-refractivity contribution in [1.82, 2.24) is 4.98 Å². The van der Waals surface area contributed by atoms with Crippen molar-refractivity contribution in [2.24, 2.45) is 0 Å². The zero-order chi connectivity index (χ0) is 12.3. The van der Waals surface area contributed by atoms with Gasteiger partial charge in [-0.25, -0.2) is 0 Å². The van der Waals surface area contributed by atoms with E-state index in [4.69, 9.17) is 15.2 Å². The Morgan fingerprint density at radius 1 is 1.12 bits per heavy atom. The van der Waals surface area contributed by atoms with Crippen LogP contribution in [-0.4, -0.2) is 12.1 Å². The Hall–Kier alpha value is -2.23. The molecule has 0 aliphatic rings. The van der Waals surface area contributed by atoms with Gasteiger partial charge in [0.05, 0.1) is 7.11 Å². The normalized spacial score (nSPS) is 10.0. The standard InChI is InChI=1S/C13H14N2O2/c1-9-8-15-6-5-11(9)17-13-7-10(14)3-4-12(13)16-2/h3-8H,14H2,1-2H3. The SMILES string of the molecule is COc1ccc(N)cc1Oc1ccncc1C. The molecular weight excluding hydrogens is 216 g/mol. The van der Waals surface area contributed by atoms with E-state index in [0.717, 1.165) is 11.3 Å². The average Bonchev–Trinajstić information content (AvgIpc) is 2.32. The van der Waals surface area contributed by atoms with Crippen LogP contribution in [0.4, 0.5) is 5.69 Å². The Balaban J connectivity index is 2.35. The van der Waals surface area contributed by atoms with E-state index in [1.807, 2.05) is 6.92 Å². The van der Waals surface area contributed by atoms with Crippen molar-refractivity contribution in [3.8, 4) is 17.2 Å². The highest BCUT2D eigenvalue weighted by Crippen LogP contribution is 2.33. The maximum absolute atomic E-state index is 5.77. The molecule has 0 spiro atoms. The second kappa shape index (κ2) is 4.74. The number of hydrogen-bond donors (Lipinski definition) is 1. The average molecular weight is 230 g/mol. The highest BCUT2D eigenvalue weighted by atomic mass is 16.5. The number of nitrogens with two attached hydrogens (primary N) is 1. The number of nitrogen functional groups attached to an aromatic ring is 1. The summed E-state index contributed by atoms with van der Waals surface area (Å²) in [5.41, 5.74) is 7.31. The van der Waals surface area contributed by atoms with Gasteiger partial charge in [-0.3, -0.25) is 4.98 Å². The molecule has 0 aliphatic heterocycles. The molecule has 0 aliphatic carbocycles. The molecular formula is C13H14N2O2. The van der Waals surface area contributed by atoms with E-state index >= 15 is 0 Å². The molecule has 1 aromatic carbocycles. The van der Waals surface area contributed by atoms with Crippen LogP contribution in [0.25, 0.3) is 0 Å². The lowest BCUT2D eigenvalue weighted by atomic mass is 10.2. The quantitative estimate of drug-likeness (QED) is 0.824. The van der Waals surface area contributed by atoms with Gasteiger partial charge in [0.1, 0.15) is 5.75 Å². The first-order chi connectivity index (χ1) is 8.20. The fraction of sp³-hybridized carbons (Fsp3) is 0.154. The molecule has 0 unspecified atom stereocenters. The maximum atomic E-state index is 5.77. The molecule has 17 heavy (non-hydrogen) atoms. The van der Waals surface area contributed by atoms with Gasteiger partial charge in [-0.1, -0.05) is 0 Å². The van der Waals surface area contributed by atoms with E-state index < -0.39 is 0 Å². The lowest BCUT2D eigenvalue weighted by molar-refractivity contribution is 0.378. The summed E-state index contributed by atoms with van der Waals surface area (Å²) in [5.74, 6) is 1.99. The first-order valence-corrected chi connectivity index (χ1v) is 5.22. The second-order valence-electron chi connectivity index (χ2n) is 3.65. The number of aryl methyl sites for hydroxylation is 1. The largest absolute Gasteiger partial charge is 0.493 e. The number of hydrogen-bond acceptors (Lipinski definition) is 4. The van der Waals surface area contributed by atoms with Gasteiger partial charge in [0.25, 0.3) is 0 Å². The summed E-state index contributed by atoms with van der Waals surface area (Å²) >= 11 is 0. The van der Waals surface area contributed by atoms with Crippen LogP contribution < -0.4 is 15.2 Å². The number of ether oxygens (including phenoxy) is 2. The van der Waals surface area contributed by atoms with Crippen LogP contribution in [0.3, 0.4) is 0 Å². The van der Waals surface area contributed by atoms with Crippen LogP contribution in [-0.2, 0) is 0 Å². The summed E-state index contributed by atoms with van der Waals surface area (Å²) in [6, 6.07) is 7.09. The van der Waals surface area contributed by atoms with Gasteiger partial charge in [-0.15, -0.1) is 0 Å². The Labute approximate surface area is 100 Å². The van der Waals surface area contributed by atoms with E-state index in [9.17, 15) is 0 Å². The number of methoxy groups -OCH3 is 1. The van der Waals surface area contributed by atoms with E-state index in [0.29, 0.717) is 17.2 Å². The third-order valence-corrected chi connectivity index (χ3v) is 2.38. The van der Waals surface area contributed by atoms with Crippen molar-refractivity contribution in [2.45, 2.75) is 6.92 Å². The molecule has 0 saturated heterocycles. The number of benzene rings is 1. The Kier molecular flexibility index (Phi) is 3.14. The molecule has 0 fully saturated rings. The van der Waals surface area contributed by atoms with Crippen LogP contribution in [0.2, 0.25) is 0 Å². The molecule has 4 heteroatoms. The van der Waals surface area contributed by atoms with Crippen LogP contribution >= 0.6 is 0 Å². The highest BCUT2D eigenvalue weighted by Gasteiger charge is 2.07. The molecule has 0 radical (unpaired) electrons. The number of anilines is 1. The molecule has 88 valence electrons. The predicted molar refractivity (Wildman–Crippen MR) is 66.5 cm³/mol. The summed E-state index contributed by atoms with van der Waals surface area (Å²) in [7, 11) is 1.60. The number of aromatic nitrogens is 1. The van der Waals surface area contributed by atoms with Gasteiger partial charge in [-0.05, 0) is 25.1 Å². The smallest absolute Gasteiger partial charge is 0.171 e. The van der Waals surface area contributed by atoms with E-state index in [1.54, 1.807) is 43.8 Å². The molecule has 1 aromatic heterocycles.